The van der Waals surface area contributed by atoms with Crippen molar-refractivity contribution >= 4 is 27.7 Å². The van der Waals surface area contributed by atoms with Crippen molar-refractivity contribution in [3.05, 3.63) is 29.8 Å². The lowest BCUT2D eigenvalue weighted by atomic mass is 10.2. The molecule has 1 heterocycles. The lowest BCUT2D eigenvalue weighted by molar-refractivity contribution is -0.154. The molecule has 1 saturated carbocycles. The number of nitrogens with one attached hydrogen (secondary N) is 2. The second-order valence-electron chi connectivity index (χ2n) is 6.70. The fraction of sp³-hybridized carbons (Fsp3) is 0.500. The molecule has 1 amide bonds. The van der Waals surface area contributed by atoms with Gasteiger partial charge in [-0.2, -0.15) is 0 Å². The van der Waals surface area contributed by atoms with E-state index < -0.39 is 22.1 Å². The van der Waals surface area contributed by atoms with Gasteiger partial charge in [-0.3, -0.25) is 19.3 Å². The van der Waals surface area contributed by atoms with E-state index in [0.29, 0.717) is 5.56 Å². The molecule has 2 aliphatic rings. The Bertz CT molecular complexity index is 860. The molecule has 2 N–H and O–H groups in total. The molecule has 0 spiro atoms. The van der Waals surface area contributed by atoms with E-state index >= 15 is 0 Å². The van der Waals surface area contributed by atoms with Crippen LogP contribution in [0.25, 0.3) is 0 Å². The normalized spacial score (nSPS) is 20.7. The lowest BCUT2D eigenvalue weighted by Gasteiger charge is -2.17. The van der Waals surface area contributed by atoms with Crippen LogP contribution in [0.15, 0.2) is 34.2 Å². The Labute approximate surface area is 158 Å². The summed E-state index contributed by atoms with van der Waals surface area (Å²) < 4.78 is 31.5. The molecule has 1 aromatic rings. The monoisotopic (exact) mass is 393 g/mol. The van der Waals surface area contributed by atoms with E-state index in [1.807, 2.05) is 0 Å². The smallest absolute Gasteiger partial charge is 0.308 e. The number of rotatable bonds is 6. The zero-order valence-corrected chi connectivity index (χ0v) is 15.9. The fourth-order valence-electron chi connectivity index (χ4n) is 3.21. The summed E-state index contributed by atoms with van der Waals surface area (Å²) in [7, 11) is -3.60. The number of esters is 1. The van der Waals surface area contributed by atoms with Crippen molar-refractivity contribution in [2.75, 3.05) is 6.54 Å². The van der Waals surface area contributed by atoms with Crippen molar-refractivity contribution in [2.45, 2.75) is 56.1 Å². The van der Waals surface area contributed by atoms with E-state index in [0.717, 1.165) is 25.7 Å². The average molecular weight is 393 g/mol. The largest absolute Gasteiger partial charge is 0.452 e. The van der Waals surface area contributed by atoms with Gasteiger partial charge >= 0.3 is 5.97 Å². The number of nitrogens with zero attached hydrogens (tertiary/aromatic N) is 1. The number of amidine groups is 1. The van der Waals surface area contributed by atoms with Gasteiger partial charge in [0.25, 0.3) is 15.9 Å². The number of carbonyl (C=O) groups excluding carboxylic acids is 2. The van der Waals surface area contributed by atoms with Crippen LogP contribution in [0.2, 0.25) is 0 Å². The van der Waals surface area contributed by atoms with Crippen LogP contribution in [-0.4, -0.2) is 44.8 Å². The van der Waals surface area contributed by atoms with Crippen LogP contribution in [0.5, 0.6) is 0 Å². The molecule has 1 aromatic carbocycles. The predicted molar refractivity (Wildman–Crippen MR) is 98.7 cm³/mol. The summed E-state index contributed by atoms with van der Waals surface area (Å²) in [6, 6.07) is 6.67. The number of sulfonamides is 1. The minimum absolute atomic E-state index is 0.0472. The van der Waals surface area contributed by atoms with E-state index in [9.17, 15) is 18.0 Å². The van der Waals surface area contributed by atoms with Gasteiger partial charge in [0.05, 0.1) is 17.9 Å². The topological polar surface area (TPSA) is 114 Å². The van der Waals surface area contributed by atoms with E-state index in [2.05, 4.69) is 15.0 Å². The summed E-state index contributed by atoms with van der Waals surface area (Å²) in [6.07, 6.45) is 3.21. The van der Waals surface area contributed by atoms with Gasteiger partial charge in [0.1, 0.15) is 5.84 Å². The van der Waals surface area contributed by atoms with Crippen molar-refractivity contribution in [3.63, 3.8) is 0 Å². The number of aliphatic imine (C=N–C) groups is 1. The van der Waals surface area contributed by atoms with Crippen LogP contribution < -0.4 is 10.0 Å². The first-order chi connectivity index (χ1) is 12.9. The molecule has 0 bridgehead atoms. The molecule has 1 aliphatic heterocycles. The molecule has 0 radical (unpaired) electrons. The van der Waals surface area contributed by atoms with E-state index in [1.54, 1.807) is 18.2 Å². The minimum Gasteiger partial charge on any atom is -0.452 e. The Kier molecular flexibility index (Phi) is 5.79. The number of ether oxygens (including phenoxy) is 1. The summed E-state index contributed by atoms with van der Waals surface area (Å²) in [6.45, 7) is 1.59. The van der Waals surface area contributed by atoms with Crippen molar-refractivity contribution in [1.29, 1.82) is 0 Å². The van der Waals surface area contributed by atoms with Crippen molar-refractivity contribution < 1.29 is 22.7 Å². The highest BCUT2D eigenvalue weighted by atomic mass is 32.2. The highest BCUT2D eigenvalue weighted by Crippen LogP contribution is 2.22. The van der Waals surface area contributed by atoms with Gasteiger partial charge in [0.2, 0.25) is 0 Å². The third kappa shape index (κ3) is 4.65. The molecule has 8 nitrogen and oxygen atoms in total. The molecule has 1 aliphatic carbocycles. The number of amides is 1. The zero-order valence-electron chi connectivity index (χ0n) is 15.1. The number of hydrogen-bond donors (Lipinski definition) is 2. The molecule has 0 aromatic heterocycles. The Morgan fingerprint density at radius 2 is 2.00 bits per heavy atom. The van der Waals surface area contributed by atoms with Crippen LogP contribution in [0.3, 0.4) is 0 Å². The molecular weight excluding hydrogens is 370 g/mol. The first-order valence-electron chi connectivity index (χ1n) is 9.03. The van der Waals surface area contributed by atoms with Gasteiger partial charge in [-0.05, 0) is 31.9 Å². The Morgan fingerprint density at radius 1 is 1.30 bits per heavy atom. The molecule has 9 heteroatoms. The first-order valence-corrected chi connectivity index (χ1v) is 10.5. The maximum absolute atomic E-state index is 12.0. The van der Waals surface area contributed by atoms with E-state index in [4.69, 9.17) is 4.74 Å². The SMILES string of the molecule is C[C@H](OC(=O)CCN=C1NS(=O)(=O)c2ccccc21)C(=O)NC1CCCC1. The fourth-order valence-corrected chi connectivity index (χ4v) is 4.46. The van der Waals surface area contributed by atoms with Crippen molar-refractivity contribution in [2.24, 2.45) is 4.99 Å². The molecule has 3 rings (SSSR count). The summed E-state index contributed by atoms with van der Waals surface area (Å²) in [5.41, 5.74) is 0.482. The number of benzene rings is 1. The van der Waals surface area contributed by atoms with Crippen LogP contribution in [0, 0.1) is 0 Å². The summed E-state index contributed by atoms with van der Waals surface area (Å²) >= 11 is 0. The van der Waals surface area contributed by atoms with Crippen molar-refractivity contribution in [3.8, 4) is 0 Å². The van der Waals surface area contributed by atoms with Crippen LogP contribution in [0.4, 0.5) is 0 Å². The lowest BCUT2D eigenvalue weighted by Crippen LogP contribution is -2.40. The van der Waals surface area contributed by atoms with Crippen molar-refractivity contribution in [1.82, 2.24) is 10.0 Å². The number of hydrogen-bond acceptors (Lipinski definition) is 6. The Hall–Kier alpha value is -2.42. The molecule has 1 atom stereocenters. The maximum Gasteiger partial charge on any atom is 0.308 e. The Balaban J connectivity index is 1.49. The van der Waals surface area contributed by atoms with Crippen LogP contribution in [-0.2, 0) is 24.3 Å². The summed E-state index contributed by atoms with van der Waals surface area (Å²) in [5.74, 6) is -0.632. The molecule has 0 unspecified atom stereocenters. The highest BCUT2D eigenvalue weighted by molar-refractivity contribution is 7.90. The standard InChI is InChI=1S/C18H23N3O5S/c1-12(18(23)20-13-6-2-3-7-13)26-16(22)10-11-19-17-14-8-4-5-9-15(14)27(24,25)21-17/h4-5,8-9,12-13H,2-3,6-7,10-11H2,1H3,(H,19,21)(H,20,23)/t12-/m0/s1. The second-order valence-corrected chi connectivity index (χ2v) is 8.35. The highest BCUT2D eigenvalue weighted by Gasteiger charge is 2.30. The molecule has 146 valence electrons. The van der Waals surface area contributed by atoms with E-state index in [1.165, 1.54) is 13.0 Å². The average Bonchev–Trinajstić information content (AvgIpc) is 3.21. The van der Waals surface area contributed by atoms with Crippen LogP contribution in [0.1, 0.15) is 44.6 Å². The minimum atomic E-state index is -3.60. The van der Waals surface area contributed by atoms with Gasteiger partial charge in [0, 0.05) is 11.6 Å². The number of fused-ring (bicyclic) bond motifs is 1. The molecule has 27 heavy (non-hydrogen) atoms. The predicted octanol–water partition coefficient (Wildman–Crippen LogP) is 1.11. The van der Waals surface area contributed by atoms with Gasteiger partial charge in [-0.15, -0.1) is 0 Å². The van der Waals surface area contributed by atoms with Gasteiger partial charge < -0.3 is 10.1 Å². The summed E-state index contributed by atoms with van der Waals surface area (Å²) in [4.78, 5) is 28.3. The quantitative estimate of drug-likeness (QED) is 0.703. The molecule has 1 fully saturated rings. The van der Waals surface area contributed by atoms with Gasteiger partial charge in [-0.1, -0.05) is 25.0 Å². The molecule has 0 saturated heterocycles. The van der Waals surface area contributed by atoms with Crippen LogP contribution >= 0.6 is 0 Å². The zero-order chi connectivity index (χ0) is 19.4. The van der Waals surface area contributed by atoms with Gasteiger partial charge in [0.15, 0.2) is 6.10 Å². The molecular formula is C18H23N3O5S. The third-order valence-electron chi connectivity index (χ3n) is 4.63. The Morgan fingerprint density at radius 3 is 2.74 bits per heavy atom. The van der Waals surface area contributed by atoms with Gasteiger partial charge in [-0.25, -0.2) is 8.42 Å². The second kappa shape index (κ2) is 8.08. The number of carbonyl (C=O) groups is 2. The third-order valence-corrected chi connectivity index (χ3v) is 6.02. The summed E-state index contributed by atoms with van der Waals surface area (Å²) in [5, 5.41) is 2.88. The first kappa shape index (κ1) is 19.3. The maximum atomic E-state index is 12.0. The van der Waals surface area contributed by atoms with E-state index in [-0.39, 0.29) is 35.6 Å².